The number of aliphatic hydroxyl groups is 1. The molecule has 0 spiro atoms. The van der Waals surface area contributed by atoms with Gasteiger partial charge >= 0.3 is 0 Å². The molecule has 0 aliphatic heterocycles. The molecule has 0 amide bonds. The number of carbonyl (C=O) groups is 2. The molecule has 5 heteroatoms. The molecule has 0 rings (SSSR count). The second kappa shape index (κ2) is 13.0. The number of rotatable bonds is 16. The molecule has 1 N–H and O–H groups in total. The SMILES string of the molecule is CCCCCCCC/C=C\CCCC(=O)C(O)(CC(=O)[O-])C[N+](C)(C)C. The van der Waals surface area contributed by atoms with Crippen molar-refractivity contribution < 1.29 is 24.3 Å². The summed E-state index contributed by atoms with van der Waals surface area (Å²) in [6.07, 6.45) is 13.9. The maximum absolute atomic E-state index is 12.4. The lowest BCUT2D eigenvalue weighted by atomic mass is 9.90. The number of likely N-dealkylation sites (N-methyl/N-ethyl adjacent to an activating group) is 1. The molecular formula is C21H39NO4. The number of carboxylic acids is 1. The number of hydrogen-bond donors (Lipinski definition) is 1. The Hall–Kier alpha value is -1.20. The molecule has 152 valence electrons. The fourth-order valence-corrected chi connectivity index (χ4v) is 3.16. The van der Waals surface area contributed by atoms with Crippen LogP contribution in [0.1, 0.15) is 77.6 Å². The van der Waals surface area contributed by atoms with Crippen LogP contribution in [0, 0.1) is 0 Å². The van der Waals surface area contributed by atoms with Crippen molar-refractivity contribution >= 4 is 11.8 Å². The molecule has 0 aliphatic carbocycles. The van der Waals surface area contributed by atoms with Gasteiger partial charge in [0.15, 0.2) is 11.4 Å². The number of aliphatic carboxylic acids is 1. The highest BCUT2D eigenvalue weighted by Gasteiger charge is 2.40. The Bertz CT molecular complexity index is 440. The Morgan fingerprint density at radius 1 is 0.962 bits per heavy atom. The third kappa shape index (κ3) is 13.1. The number of hydrogen-bond acceptors (Lipinski definition) is 4. The Balaban J connectivity index is 4.12. The van der Waals surface area contributed by atoms with E-state index in [9.17, 15) is 19.8 Å². The van der Waals surface area contributed by atoms with Gasteiger partial charge in [0.2, 0.25) is 0 Å². The first-order valence-corrected chi connectivity index (χ1v) is 10.0. The van der Waals surface area contributed by atoms with E-state index < -0.39 is 23.8 Å². The number of unbranched alkanes of at least 4 members (excludes halogenated alkanes) is 7. The van der Waals surface area contributed by atoms with E-state index in [1.807, 2.05) is 21.1 Å². The van der Waals surface area contributed by atoms with Crippen molar-refractivity contribution in [2.75, 3.05) is 27.7 Å². The van der Waals surface area contributed by atoms with Crippen molar-refractivity contribution in [3.63, 3.8) is 0 Å². The highest BCUT2D eigenvalue weighted by atomic mass is 16.4. The molecule has 1 atom stereocenters. The fourth-order valence-electron chi connectivity index (χ4n) is 3.16. The summed E-state index contributed by atoms with van der Waals surface area (Å²) >= 11 is 0. The third-order valence-corrected chi connectivity index (χ3v) is 4.36. The number of carbonyl (C=O) groups excluding carboxylic acids is 2. The summed E-state index contributed by atoms with van der Waals surface area (Å²) in [6.45, 7) is 2.28. The van der Waals surface area contributed by atoms with E-state index in [0.29, 0.717) is 10.9 Å². The van der Waals surface area contributed by atoms with E-state index >= 15 is 0 Å². The van der Waals surface area contributed by atoms with Gasteiger partial charge < -0.3 is 19.5 Å². The first kappa shape index (κ1) is 24.8. The molecule has 0 heterocycles. The van der Waals surface area contributed by atoms with Crippen molar-refractivity contribution in [2.45, 2.75) is 83.2 Å². The number of Topliss-reactive ketones (excluding diaryl/α,β-unsaturated/α-hetero) is 1. The quantitative estimate of drug-likeness (QED) is 0.258. The summed E-state index contributed by atoms with van der Waals surface area (Å²) in [4.78, 5) is 23.3. The van der Waals surface area contributed by atoms with E-state index in [-0.39, 0.29) is 13.0 Å². The first-order valence-electron chi connectivity index (χ1n) is 10.0. The Morgan fingerprint density at radius 3 is 2.04 bits per heavy atom. The predicted octanol–water partition coefficient (Wildman–Crippen LogP) is 2.61. The molecule has 0 saturated carbocycles. The fraction of sp³-hybridized carbons (Fsp3) is 0.810. The van der Waals surface area contributed by atoms with Crippen molar-refractivity contribution in [1.29, 1.82) is 0 Å². The highest BCUT2D eigenvalue weighted by molar-refractivity contribution is 5.90. The van der Waals surface area contributed by atoms with E-state index in [4.69, 9.17) is 0 Å². The maximum atomic E-state index is 12.4. The maximum Gasteiger partial charge on any atom is 0.177 e. The molecule has 1 unspecified atom stereocenters. The molecule has 0 aromatic rings. The van der Waals surface area contributed by atoms with Crippen LogP contribution in [0.2, 0.25) is 0 Å². The zero-order chi connectivity index (χ0) is 20.1. The lowest BCUT2D eigenvalue weighted by Crippen LogP contribution is -2.56. The average Bonchev–Trinajstić information content (AvgIpc) is 2.49. The van der Waals surface area contributed by atoms with Crippen molar-refractivity contribution in [3.05, 3.63) is 12.2 Å². The lowest BCUT2D eigenvalue weighted by molar-refractivity contribution is -0.875. The van der Waals surface area contributed by atoms with E-state index in [2.05, 4.69) is 19.1 Å². The molecule has 0 aliphatic rings. The van der Waals surface area contributed by atoms with Crippen LogP contribution in [0.3, 0.4) is 0 Å². The van der Waals surface area contributed by atoms with Crippen LogP contribution in [0.4, 0.5) is 0 Å². The molecule has 0 aromatic carbocycles. The number of nitrogens with zero attached hydrogens (tertiary/aromatic N) is 1. The summed E-state index contributed by atoms with van der Waals surface area (Å²) < 4.78 is 0.313. The average molecular weight is 370 g/mol. The monoisotopic (exact) mass is 369 g/mol. The molecule has 0 bridgehead atoms. The Labute approximate surface area is 159 Å². The van der Waals surface area contributed by atoms with Crippen LogP contribution < -0.4 is 5.11 Å². The topological polar surface area (TPSA) is 77.4 Å². The summed E-state index contributed by atoms with van der Waals surface area (Å²) in [5, 5.41) is 21.5. The van der Waals surface area contributed by atoms with Crippen LogP contribution in [0.5, 0.6) is 0 Å². The van der Waals surface area contributed by atoms with Gasteiger partial charge in [0.05, 0.1) is 21.1 Å². The van der Waals surface area contributed by atoms with E-state index in [0.717, 1.165) is 12.8 Å². The van der Waals surface area contributed by atoms with Gasteiger partial charge in [-0.05, 0) is 25.7 Å². The number of quaternary nitrogens is 1. The normalized spacial score (nSPS) is 14.5. The van der Waals surface area contributed by atoms with Gasteiger partial charge in [-0.2, -0.15) is 0 Å². The van der Waals surface area contributed by atoms with E-state index in [1.165, 1.54) is 38.5 Å². The first-order chi connectivity index (χ1) is 12.1. The lowest BCUT2D eigenvalue weighted by Gasteiger charge is -2.34. The zero-order valence-corrected chi connectivity index (χ0v) is 17.3. The second-order valence-corrected chi connectivity index (χ2v) is 8.37. The highest BCUT2D eigenvalue weighted by Crippen LogP contribution is 2.19. The molecule has 0 aromatic heterocycles. The van der Waals surface area contributed by atoms with Crippen molar-refractivity contribution in [3.8, 4) is 0 Å². The molecule has 0 saturated heterocycles. The smallest absolute Gasteiger partial charge is 0.177 e. The van der Waals surface area contributed by atoms with Gasteiger partial charge in [0.25, 0.3) is 0 Å². The largest absolute Gasteiger partial charge is 0.550 e. The van der Waals surface area contributed by atoms with Crippen LogP contribution >= 0.6 is 0 Å². The summed E-state index contributed by atoms with van der Waals surface area (Å²) in [7, 11) is 5.45. The van der Waals surface area contributed by atoms with Gasteiger partial charge in [0.1, 0.15) is 6.54 Å². The van der Waals surface area contributed by atoms with Crippen molar-refractivity contribution in [2.24, 2.45) is 0 Å². The van der Waals surface area contributed by atoms with Crippen molar-refractivity contribution in [1.82, 2.24) is 0 Å². The molecule has 5 nitrogen and oxygen atoms in total. The summed E-state index contributed by atoms with van der Waals surface area (Å²) in [5.41, 5.74) is -1.85. The van der Waals surface area contributed by atoms with Gasteiger partial charge in [-0.1, -0.05) is 51.2 Å². The van der Waals surface area contributed by atoms with Gasteiger partial charge in [-0.3, -0.25) is 4.79 Å². The predicted molar refractivity (Wildman–Crippen MR) is 103 cm³/mol. The van der Waals surface area contributed by atoms with Gasteiger partial charge in [0, 0.05) is 18.8 Å². The summed E-state index contributed by atoms with van der Waals surface area (Å²) in [5.74, 6) is -1.80. The molecular weight excluding hydrogens is 330 g/mol. The standard InChI is InChI=1S/C21H39NO4/c1-5-6-7-8-9-10-11-12-13-14-15-16-19(23)21(26,17-20(24)25)18-22(2,3)4/h12-13,26H,5-11,14-18H2,1-4H3/b13-12-. The number of carboxylic acid groups (broad SMARTS) is 1. The molecule has 0 fully saturated rings. The van der Waals surface area contributed by atoms with E-state index in [1.54, 1.807) is 0 Å². The third-order valence-electron chi connectivity index (χ3n) is 4.36. The van der Waals surface area contributed by atoms with Gasteiger partial charge in [-0.25, -0.2) is 0 Å². The van der Waals surface area contributed by atoms with Crippen LogP contribution in [0.15, 0.2) is 12.2 Å². The van der Waals surface area contributed by atoms with Crippen LogP contribution in [-0.2, 0) is 9.59 Å². The minimum atomic E-state index is -1.85. The molecule has 0 radical (unpaired) electrons. The summed E-state index contributed by atoms with van der Waals surface area (Å²) in [6, 6.07) is 0. The number of allylic oxidation sites excluding steroid dienone is 2. The van der Waals surface area contributed by atoms with Crippen LogP contribution in [0.25, 0.3) is 0 Å². The zero-order valence-electron chi connectivity index (χ0n) is 17.3. The number of ketones is 1. The minimum Gasteiger partial charge on any atom is -0.550 e. The minimum absolute atomic E-state index is 0.0632. The Morgan fingerprint density at radius 2 is 1.50 bits per heavy atom. The Kier molecular flexibility index (Phi) is 12.4. The van der Waals surface area contributed by atoms with Gasteiger partial charge in [-0.15, -0.1) is 0 Å². The second-order valence-electron chi connectivity index (χ2n) is 8.37. The van der Waals surface area contributed by atoms with Crippen LogP contribution in [-0.4, -0.2) is 54.6 Å². The molecule has 26 heavy (non-hydrogen) atoms.